The fourth-order valence-corrected chi connectivity index (χ4v) is 2.54. The Morgan fingerprint density at radius 1 is 1.25 bits per heavy atom. The smallest absolute Gasteiger partial charge is 0.264 e. The van der Waals surface area contributed by atoms with Crippen LogP contribution in [0.25, 0.3) is 5.78 Å². The number of fused-ring (bicyclic) bond motifs is 1. The summed E-state index contributed by atoms with van der Waals surface area (Å²) >= 11 is 11.8. The highest BCUT2D eigenvalue weighted by Gasteiger charge is 2.14. The van der Waals surface area contributed by atoms with Gasteiger partial charge in [-0.1, -0.05) is 29.3 Å². The summed E-state index contributed by atoms with van der Waals surface area (Å²) in [7, 11) is 0. The molecule has 0 aliphatic carbocycles. The van der Waals surface area contributed by atoms with Crippen molar-refractivity contribution in [1.29, 1.82) is 0 Å². The predicted molar refractivity (Wildman–Crippen MR) is 91.8 cm³/mol. The van der Waals surface area contributed by atoms with Gasteiger partial charge in [0.05, 0.1) is 11.2 Å². The van der Waals surface area contributed by atoms with Crippen LogP contribution in [-0.2, 0) is 0 Å². The summed E-state index contributed by atoms with van der Waals surface area (Å²) in [5, 5.41) is 8.93. The number of benzene rings is 1. The second kappa shape index (κ2) is 6.54. The molecule has 1 N–H and O–H groups in total. The zero-order valence-corrected chi connectivity index (χ0v) is 14.3. The predicted octanol–water partition coefficient (Wildman–Crippen LogP) is 2.81. The van der Waals surface area contributed by atoms with Crippen molar-refractivity contribution in [2.24, 2.45) is 5.10 Å². The monoisotopic (exact) mass is 362 g/mol. The number of aromatic nitrogens is 4. The van der Waals surface area contributed by atoms with Gasteiger partial charge in [0.25, 0.3) is 5.78 Å². The van der Waals surface area contributed by atoms with Crippen LogP contribution in [0.15, 0.2) is 29.4 Å². The van der Waals surface area contributed by atoms with Crippen LogP contribution in [0.3, 0.4) is 0 Å². The molecule has 0 atom stereocenters. The summed E-state index contributed by atoms with van der Waals surface area (Å²) in [5.74, 6) is -0.197. The van der Waals surface area contributed by atoms with Crippen molar-refractivity contribution in [3.05, 3.63) is 57.1 Å². The van der Waals surface area contributed by atoms with E-state index in [2.05, 4.69) is 25.6 Å². The van der Waals surface area contributed by atoms with Crippen LogP contribution in [0.1, 0.15) is 27.6 Å². The first-order valence-corrected chi connectivity index (χ1v) is 7.69. The molecule has 0 saturated heterocycles. The van der Waals surface area contributed by atoms with Gasteiger partial charge < -0.3 is 0 Å². The molecule has 1 amide bonds. The highest BCUT2D eigenvalue weighted by Crippen LogP contribution is 2.19. The number of carbonyl (C=O) groups is 1. The van der Waals surface area contributed by atoms with Crippen molar-refractivity contribution >= 4 is 41.1 Å². The summed E-state index contributed by atoms with van der Waals surface area (Å²) in [6.45, 7) is 3.71. The molecule has 7 nitrogen and oxygen atoms in total. The molecule has 2 heterocycles. The van der Waals surface area contributed by atoms with Crippen LogP contribution in [-0.4, -0.2) is 31.7 Å². The molecule has 0 unspecified atom stereocenters. The molecule has 0 spiro atoms. The fourth-order valence-electron chi connectivity index (χ4n) is 2.08. The Labute approximate surface area is 147 Å². The molecule has 1 aromatic carbocycles. The number of hydrogen-bond donors (Lipinski definition) is 1. The first kappa shape index (κ1) is 16.4. The molecule has 24 heavy (non-hydrogen) atoms. The summed E-state index contributed by atoms with van der Waals surface area (Å²) in [5.41, 5.74) is 4.61. The van der Waals surface area contributed by atoms with Crippen LogP contribution < -0.4 is 5.43 Å². The number of rotatable bonds is 3. The SMILES string of the molecule is Cc1cc(C)n2nc(C(=O)N/N=C/c3ccc(Cl)cc3Cl)nc2n1. The number of aryl methyl sites for hydroxylation is 2. The van der Waals surface area contributed by atoms with Gasteiger partial charge >= 0.3 is 5.91 Å². The third-order valence-electron chi connectivity index (χ3n) is 3.15. The number of nitrogens with one attached hydrogen (secondary N) is 1. The van der Waals surface area contributed by atoms with Gasteiger partial charge in [-0.2, -0.15) is 10.1 Å². The zero-order valence-electron chi connectivity index (χ0n) is 12.8. The van der Waals surface area contributed by atoms with E-state index in [1.54, 1.807) is 18.2 Å². The van der Waals surface area contributed by atoms with Crippen molar-refractivity contribution < 1.29 is 4.79 Å². The van der Waals surface area contributed by atoms with E-state index in [-0.39, 0.29) is 5.82 Å². The quantitative estimate of drug-likeness (QED) is 0.573. The minimum atomic E-state index is -0.543. The highest BCUT2D eigenvalue weighted by molar-refractivity contribution is 6.36. The van der Waals surface area contributed by atoms with Gasteiger partial charge in [0.1, 0.15) is 0 Å². The number of carbonyl (C=O) groups excluding carboxylic acids is 1. The fraction of sp³-hybridized carbons (Fsp3) is 0.133. The van der Waals surface area contributed by atoms with Crippen molar-refractivity contribution in [3.63, 3.8) is 0 Å². The molecule has 0 aliphatic rings. The van der Waals surface area contributed by atoms with Gasteiger partial charge in [0.15, 0.2) is 0 Å². The maximum Gasteiger partial charge on any atom is 0.311 e. The van der Waals surface area contributed by atoms with Crippen LogP contribution in [0.4, 0.5) is 0 Å². The second-order valence-electron chi connectivity index (χ2n) is 5.05. The lowest BCUT2D eigenvalue weighted by Crippen LogP contribution is -2.19. The van der Waals surface area contributed by atoms with Gasteiger partial charge in [0.2, 0.25) is 5.82 Å². The van der Waals surface area contributed by atoms with Crippen molar-refractivity contribution in [2.75, 3.05) is 0 Å². The Kier molecular flexibility index (Phi) is 4.46. The lowest BCUT2D eigenvalue weighted by molar-refractivity contribution is 0.0945. The first-order valence-electron chi connectivity index (χ1n) is 6.93. The van der Waals surface area contributed by atoms with E-state index in [4.69, 9.17) is 23.2 Å². The topological polar surface area (TPSA) is 84.5 Å². The Morgan fingerprint density at radius 2 is 2.04 bits per heavy atom. The minimum Gasteiger partial charge on any atom is -0.264 e. The summed E-state index contributed by atoms with van der Waals surface area (Å²) in [6.07, 6.45) is 1.42. The molecular weight excluding hydrogens is 351 g/mol. The van der Waals surface area contributed by atoms with E-state index in [1.165, 1.54) is 10.7 Å². The normalized spacial score (nSPS) is 11.3. The summed E-state index contributed by atoms with van der Waals surface area (Å²) < 4.78 is 1.50. The lowest BCUT2D eigenvalue weighted by atomic mass is 10.2. The molecule has 3 rings (SSSR count). The highest BCUT2D eigenvalue weighted by atomic mass is 35.5. The number of hydrogen-bond acceptors (Lipinski definition) is 5. The van der Waals surface area contributed by atoms with Crippen LogP contribution in [0.2, 0.25) is 10.0 Å². The van der Waals surface area contributed by atoms with Crippen molar-refractivity contribution in [1.82, 2.24) is 25.0 Å². The first-order chi connectivity index (χ1) is 11.4. The minimum absolute atomic E-state index is 0.0180. The Bertz CT molecular complexity index is 966. The summed E-state index contributed by atoms with van der Waals surface area (Å²) in [6, 6.07) is 6.81. The Morgan fingerprint density at radius 3 is 2.79 bits per heavy atom. The van der Waals surface area contributed by atoms with Crippen LogP contribution in [0, 0.1) is 13.8 Å². The average molecular weight is 363 g/mol. The average Bonchev–Trinajstić information content (AvgIpc) is 2.93. The van der Waals surface area contributed by atoms with E-state index < -0.39 is 5.91 Å². The maximum absolute atomic E-state index is 12.1. The zero-order chi connectivity index (χ0) is 17.3. The van der Waals surface area contributed by atoms with Gasteiger partial charge in [-0.05, 0) is 32.0 Å². The van der Waals surface area contributed by atoms with Gasteiger partial charge in [-0.15, -0.1) is 5.10 Å². The molecule has 122 valence electrons. The molecule has 0 aliphatic heterocycles. The molecule has 3 aromatic rings. The van der Waals surface area contributed by atoms with Gasteiger partial charge in [-0.25, -0.2) is 14.9 Å². The summed E-state index contributed by atoms with van der Waals surface area (Å²) in [4.78, 5) is 20.4. The molecule has 0 saturated carbocycles. The molecule has 9 heteroatoms. The van der Waals surface area contributed by atoms with E-state index >= 15 is 0 Å². The molecule has 0 radical (unpaired) electrons. The van der Waals surface area contributed by atoms with E-state index in [9.17, 15) is 4.79 Å². The van der Waals surface area contributed by atoms with E-state index in [0.717, 1.165) is 11.4 Å². The van der Waals surface area contributed by atoms with Gasteiger partial charge in [0, 0.05) is 22.0 Å². The number of halogens is 2. The molecule has 0 fully saturated rings. The van der Waals surface area contributed by atoms with Gasteiger partial charge in [-0.3, -0.25) is 4.79 Å². The van der Waals surface area contributed by atoms with E-state index in [1.807, 2.05) is 19.9 Å². The Balaban J connectivity index is 1.77. The lowest BCUT2D eigenvalue weighted by Gasteiger charge is -1.98. The number of amides is 1. The number of nitrogens with zero attached hydrogens (tertiary/aromatic N) is 5. The van der Waals surface area contributed by atoms with Crippen LogP contribution in [0.5, 0.6) is 0 Å². The molecule has 0 bridgehead atoms. The third kappa shape index (κ3) is 3.37. The molecular formula is C15H12Cl2N6O. The Hall–Kier alpha value is -2.51. The molecule has 2 aromatic heterocycles. The largest absolute Gasteiger partial charge is 0.311 e. The second-order valence-corrected chi connectivity index (χ2v) is 5.89. The number of hydrazone groups is 1. The van der Waals surface area contributed by atoms with Crippen molar-refractivity contribution in [2.45, 2.75) is 13.8 Å². The van der Waals surface area contributed by atoms with Crippen molar-refractivity contribution in [3.8, 4) is 0 Å². The van der Waals surface area contributed by atoms with E-state index in [0.29, 0.717) is 21.4 Å². The third-order valence-corrected chi connectivity index (χ3v) is 3.72. The maximum atomic E-state index is 12.1. The van der Waals surface area contributed by atoms with Crippen LogP contribution >= 0.6 is 23.2 Å². The standard InChI is InChI=1S/C15H12Cl2N6O/c1-8-5-9(2)23-15(19-8)20-13(22-23)14(24)21-18-7-10-3-4-11(16)6-12(10)17/h3-7H,1-2H3,(H,21,24)/b18-7+.